The molecule has 0 aliphatic carbocycles. The zero-order chi connectivity index (χ0) is 19.2. The molecule has 0 atom stereocenters. The number of hydrogen-bond acceptors (Lipinski definition) is 5. The maximum absolute atomic E-state index is 5.99. The average Bonchev–Trinajstić information content (AvgIpc) is 2.77. The summed E-state index contributed by atoms with van der Waals surface area (Å²) in [7, 11) is 0. The van der Waals surface area contributed by atoms with E-state index in [1.807, 2.05) is 66.7 Å². The van der Waals surface area contributed by atoms with Gasteiger partial charge in [-0.3, -0.25) is 4.84 Å². The van der Waals surface area contributed by atoms with Crippen molar-refractivity contribution in [3.63, 3.8) is 0 Å². The zero-order valence-electron chi connectivity index (χ0n) is 14.9. The van der Waals surface area contributed by atoms with Gasteiger partial charge in [0.2, 0.25) is 0 Å². The Morgan fingerprint density at radius 2 is 1.25 bits per heavy atom. The van der Waals surface area contributed by atoms with E-state index in [9.17, 15) is 0 Å². The molecule has 138 valence electrons. The quantitative estimate of drug-likeness (QED) is 0.344. The SMILES string of the molecule is ClNc1cc(-c2ccccc2)ccc1Nc1nccnc1Nc1ccccc1. The topological polar surface area (TPSA) is 61.9 Å². The molecule has 0 saturated carbocycles. The first kappa shape index (κ1) is 17.8. The Morgan fingerprint density at radius 3 is 1.93 bits per heavy atom. The molecule has 4 aromatic rings. The molecular formula is C22H18ClN5. The predicted octanol–water partition coefficient (Wildman–Crippen LogP) is 6.20. The van der Waals surface area contributed by atoms with Gasteiger partial charge in [-0.2, -0.15) is 0 Å². The highest BCUT2D eigenvalue weighted by atomic mass is 35.5. The van der Waals surface area contributed by atoms with Crippen molar-refractivity contribution in [3.05, 3.63) is 91.3 Å². The number of aromatic nitrogens is 2. The van der Waals surface area contributed by atoms with Gasteiger partial charge in [0, 0.05) is 29.9 Å². The minimum atomic E-state index is 0.604. The van der Waals surface area contributed by atoms with Gasteiger partial charge >= 0.3 is 0 Å². The summed E-state index contributed by atoms with van der Waals surface area (Å²) in [5.74, 6) is 1.23. The minimum absolute atomic E-state index is 0.604. The van der Waals surface area contributed by atoms with Gasteiger partial charge in [0.15, 0.2) is 11.6 Å². The summed E-state index contributed by atoms with van der Waals surface area (Å²) in [6.07, 6.45) is 3.29. The number of nitrogens with zero attached hydrogens (tertiary/aromatic N) is 2. The number of anilines is 5. The highest BCUT2D eigenvalue weighted by Gasteiger charge is 2.10. The van der Waals surface area contributed by atoms with Crippen LogP contribution in [0.5, 0.6) is 0 Å². The van der Waals surface area contributed by atoms with Crippen molar-refractivity contribution in [2.75, 3.05) is 15.5 Å². The highest BCUT2D eigenvalue weighted by molar-refractivity contribution is 6.25. The van der Waals surface area contributed by atoms with Crippen molar-refractivity contribution < 1.29 is 0 Å². The number of rotatable bonds is 6. The fourth-order valence-electron chi connectivity index (χ4n) is 2.85. The van der Waals surface area contributed by atoms with Crippen molar-refractivity contribution in [2.45, 2.75) is 0 Å². The molecule has 6 heteroatoms. The molecule has 3 aromatic carbocycles. The van der Waals surface area contributed by atoms with Crippen molar-refractivity contribution in [3.8, 4) is 11.1 Å². The lowest BCUT2D eigenvalue weighted by atomic mass is 10.0. The Kier molecular flexibility index (Phi) is 5.36. The van der Waals surface area contributed by atoms with Gasteiger partial charge in [-0.15, -0.1) is 0 Å². The standard InChI is InChI=1S/C22H18ClN5/c23-28-20-15-17(16-7-3-1-4-8-16)11-12-19(20)27-22-21(24-13-14-25-22)26-18-9-5-2-6-10-18/h1-15,28H,(H,24,26)(H,25,27). The zero-order valence-corrected chi connectivity index (χ0v) is 15.7. The first-order valence-electron chi connectivity index (χ1n) is 8.80. The third-order valence-corrected chi connectivity index (χ3v) is 4.42. The van der Waals surface area contributed by atoms with Crippen LogP contribution in [0, 0.1) is 0 Å². The summed E-state index contributed by atoms with van der Waals surface area (Å²) in [6, 6.07) is 26.0. The summed E-state index contributed by atoms with van der Waals surface area (Å²) < 4.78 is 0. The van der Waals surface area contributed by atoms with Gasteiger partial charge < -0.3 is 10.6 Å². The fourth-order valence-corrected chi connectivity index (χ4v) is 3.00. The Balaban J connectivity index is 1.63. The second-order valence-electron chi connectivity index (χ2n) is 6.09. The number of nitrogens with one attached hydrogen (secondary N) is 3. The number of hydrogen-bond donors (Lipinski definition) is 3. The molecule has 4 rings (SSSR count). The largest absolute Gasteiger partial charge is 0.337 e. The Morgan fingerprint density at radius 1 is 0.607 bits per heavy atom. The molecule has 3 N–H and O–H groups in total. The molecule has 0 radical (unpaired) electrons. The van der Waals surface area contributed by atoms with Gasteiger partial charge in [-0.25, -0.2) is 9.97 Å². The minimum Gasteiger partial charge on any atom is -0.337 e. The molecule has 1 aromatic heterocycles. The average molecular weight is 388 g/mol. The molecule has 0 amide bonds. The Hall–Kier alpha value is -3.57. The van der Waals surface area contributed by atoms with E-state index in [1.165, 1.54) is 0 Å². The van der Waals surface area contributed by atoms with Crippen LogP contribution in [-0.4, -0.2) is 9.97 Å². The highest BCUT2D eigenvalue weighted by Crippen LogP contribution is 2.33. The van der Waals surface area contributed by atoms with E-state index in [-0.39, 0.29) is 0 Å². The third-order valence-electron chi connectivity index (χ3n) is 4.22. The van der Waals surface area contributed by atoms with Crippen molar-refractivity contribution in [2.24, 2.45) is 0 Å². The smallest absolute Gasteiger partial charge is 0.174 e. The molecule has 0 spiro atoms. The van der Waals surface area contributed by atoms with Gasteiger partial charge in [0.1, 0.15) is 0 Å². The molecule has 1 heterocycles. The second kappa shape index (κ2) is 8.41. The van der Waals surface area contributed by atoms with E-state index in [4.69, 9.17) is 11.8 Å². The van der Waals surface area contributed by atoms with Gasteiger partial charge in [-0.05, 0) is 35.4 Å². The first-order valence-corrected chi connectivity index (χ1v) is 9.17. The number of benzene rings is 3. The summed E-state index contributed by atoms with van der Waals surface area (Å²) in [6.45, 7) is 0. The maximum atomic E-state index is 5.99. The molecular weight excluding hydrogens is 370 g/mol. The third kappa shape index (κ3) is 4.05. The molecule has 0 saturated heterocycles. The van der Waals surface area contributed by atoms with E-state index in [0.29, 0.717) is 11.6 Å². The van der Waals surface area contributed by atoms with Crippen molar-refractivity contribution in [1.82, 2.24) is 9.97 Å². The Labute approximate surface area is 168 Å². The molecule has 0 aliphatic heterocycles. The summed E-state index contributed by atoms with van der Waals surface area (Å²) >= 11 is 5.99. The van der Waals surface area contributed by atoms with Crippen LogP contribution in [0.15, 0.2) is 91.3 Å². The van der Waals surface area contributed by atoms with Crippen LogP contribution in [0.4, 0.5) is 28.7 Å². The van der Waals surface area contributed by atoms with Crippen molar-refractivity contribution in [1.29, 1.82) is 0 Å². The molecule has 28 heavy (non-hydrogen) atoms. The van der Waals surface area contributed by atoms with Crippen LogP contribution < -0.4 is 15.5 Å². The molecule has 5 nitrogen and oxygen atoms in total. The molecule has 0 bridgehead atoms. The normalized spacial score (nSPS) is 10.3. The summed E-state index contributed by atoms with van der Waals surface area (Å²) in [4.78, 5) is 11.6. The number of para-hydroxylation sites is 1. The van der Waals surface area contributed by atoms with Crippen LogP contribution in [0.3, 0.4) is 0 Å². The van der Waals surface area contributed by atoms with Crippen LogP contribution in [0.2, 0.25) is 0 Å². The lowest BCUT2D eigenvalue weighted by Crippen LogP contribution is -2.03. The monoisotopic (exact) mass is 387 g/mol. The van der Waals surface area contributed by atoms with Crippen molar-refractivity contribution >= 4 is 40.5 Å². The molecule has 0 unspecified atom stereocenters. The lowest BCUT2D eigenvalue weighted by molar-refractivity contribution is 1.19. The lowest BCUT2D eigenvalue weighted by Gasteiger charge is -2.15. The molecule has 0 aliphatic rings. The van der Waals surface area contributed by atoms with Gasteiger partial charge in [-0.1, -0.05) is 54.6 Å². The van der Waals surface area contributed by atoms with E-state index in [0.717, 1.165) is 28.2 Å². The van der Waals surface area contributed by atoms with Gasteiger partial charge in [0.05, 0.1) is 11.4 Å². The van der Waals surface area contributed by atoms with E-state index in [1.54, 1.807) is 12.4 Å². The predicted molar refractivity (Wildman–Crippen MR) is 116 cm³/mol. The maximum Gasteiger partial charge on any atom is 0.174 e. The van der Waals surface area contributed by atoms with Crippen LogP contribution >= 0.6 is 11.8 Å². The fraction of sp³-hybridized carbons (Fsp3) is 0. The number of halogens is 1. The van der Waals surface area contributed by atoms with E-state index in [2.05, 4.69) is 37.6 Å². The summed E-state index contributed by atoms with van der Waals surface area (Å²) in [5.41, 5.74) is 4.66. The van der Waals surface area contributed by atoms with E-state index >= 15 is 0 Å². The van der Waals surface area contributed by atoms with E-state index < -0.39 is 0 Å². The first-order chi connectivity index (χ1) is 13.8. The Bertz CT molecular complexity index is 1050. The summed E-state index contributed by atoms with van der Waals surface area (Å²) in [5, 5.41) is 6.59. The molecule has 0 fully saturated rings. The van der Waals surface area contributed by atoms with Gasteiger partial charge in [0.25, 0.3) is 0 Å². The van der Waals surface area contributed by atoms with Crippen LogP contribution in [0.25, 0.3) is 11.1 Å². The second-order valence-corrected chi connectivity index (χ2v) is 6.28. The van der Waals surface area contributed by atoms with Crippen LogP contribution in [-0.2, 0) is 0 Å². The van der Waals surface area contributed by atoms with Crippen LogP contribution in [0.1, 0.15) is 0 Å².